The number of aryl methyl sites for hydroxylation is 1. The zero-order valence-electron chi connectivity index (χ0n) is 12.3. The molecule has 1 aromatic heterocycles. The van der Waals surface area contributed by atoms with Crippen LogP contribution in [0.1, 0.15) is 24.2 Å². The lowest BCUT2D eigenvalue weighted by atomic mass is 9.75. The molecule has 2 aliphatic heterocycles. The fraction of sp³-hybridized carbons (Fsp3) is 0.500. The first-order valence-electron chi connectivity index (χ1n) is 7.36. The van der Waals surface area contributed by atoms with Crippen LogP contribution in [-0.4, -0.2) is 36.8 Å². The molecule has 110 valence electrons. The molecule has 1 spiro atoms. The van der Waals surface area contributed by atoms with Crippen molar-refractivity contribution in [1.82, 2.24) is 9.97 Å². The van der Waals surface area contributed by atoms with Crippen molar-refractivity contribution in [2.24, 2.45) is 0 Å². The van der Waals surface area contributed by atoms with Crippen LogP contribution < -0.4 is 4.90 Å². The third kappa shape index (κ3) is 1.93. The molecule has 0 aliphatic carbocycles. The maximum absolute atomic E-state index is 6.30. The van der Waals surface area contributed by atoms with Crippen LogP contribution in [0, 0.1) is 6.92 Å². The van der Waals surface area contributed by atoms with E-state index in [0.29, 0.717) is 5.15 Å². The van der Waals surface area contributed by atoms with Crippen molar-refractivity contribution in [3.05, 3.63) is 28.7 Å². The van der Waals surface area contributed by atoms with Crippen molar-refractivity contribution in [2.45, 2.75) is 25.2 Å². The predicted molar refractivity (Wildman–Crippen MR) is 84.3 cm³/mol. The number of fused-ring (bicyclic) bond motifs is 3. The van der Waals surface area contributed by atoms with Crippen molar-refractivity contribution in [3.63, 3.8) is 0 Å². The van der Waals surface area contributed by atoms with E-state index in [1.54, 1.807) is 0 Å². The van der Waals surface area contributed by atoms with Crippen LogP contribution in [0.3, 0.4) is 0 Å². The van der Waals surface area contributed by atoms with E-state index in [9.17, 15) is 0 Å². The Morgan fingerprint density at radius 3 is 2.76 bits per heavy atom. The van der Waals surface area contributed by atoms with Gasteiger partial charge in [-0.1, -0.05) is 11.6 Å². The van der Waals surface area contributed by atoms with E-state index in [4.69, 9.17) is 16.3 Å². The number of anilines is 1. The Morgan fingerprint density at radius 2 is 2.00 bits per heavy atom. The number of ether oxygens (including phenoxy) is 1. The minimum absolute atomic E-state index is 0.210. The molecule has 0 bridgehead atoms. The zero-order valence-corrected chi connectivity index (χ0v) is 13.1. The van der Waals surface area contributed by atoms with Gasteiger partial charge in [0.25, 0.3) is 0 Å². The highest BCUT2D eigenvalue weighted by molar-refractivity contribution is 6.34. The van der Waals surface area contributed by atoms with Gasteiger partial charge in [-0.25, -0.2) is 9.97 Å². The molecule has 1 saturated heterocycles. The van der Waals surface area contributed by atoms with Crippen molar-refractivity contribution in [1.29, 1.82) is 0 Å². The summed E-state index contributed by atoms with van der Waals surface area (Å²) < 4.78 is 5.57. The van der Waals surface area contributed by atoms with Crippen molar-refractivity contribution in [3.8, 4) is 0 Å². The van der Waals surface area contributed by atoms with Gasteiger partial charge in [0.1, 0.15) is 11.0 Å². The topological polar surface area (TPSA) is 38.3 Å². The highest BCUT2D eigenvalue weighted by Crippen LogP contribution is 2.47. The average Bonchev–Trinajstić information content (AvgIpc) is 2.70. The van der Waals surface area contributed by atoms with E-state index in [0.717, 1.165) is 49.3 Å². The van der Waals surface area contributed by atoms with Crippen LogP contribution in [0.25, 0.3) is 10.9 Å². The standard InChI is InChI=1S/C16H18ClN3O/c1-10-18-13-8-12-14(7-11(13)15(17)19-10)20(2)9-16(12)3-5-21-6-4-16/h7-8H,3-6,9H2,1-2H3. The Labute approximate surface area is 129 Å². The lowest BCUT2D eigenvalue weighted by molar-refractivity contribution is 0.0556. The molecule has 0 amide bonds. The SMILES string of the molecule is Cc1nc(Cl)c2cc3c(cc2n1)C1(CCOCC1)CN3C. The number of likely N-dealkylation sites (N-methyl/N-ethyl adjacent to an activating group) is 1. The van der Waals surface area contributed by atoms with E-state index in [1.807, 2.05) is 6.92 Å². The number of halogens is 1. The summed E-state index contributed by atoms with van der Waals surface area (Å²) in [6.45, 7) is 4.62. The summed E-state index contributed by atoms with van der Waals surface area (Å²) in [7, 11) is 2.15. The maximum atomic E-state index is 6.30. The fourth-order valence-corrected chi connectivity index (χ4v) is 4.06. The third-order valence-electron chi connectivity index (χ3n) is 4.85. The highest BCUT2D eigenvalue weighted by atomic mass is 35.5. The summed E-state index contributed by atoms with van der Waals surface area (Å²) in [4.78, 5) is 11.2. The number of nitrogens with zero attached hydrogens (tertiary/aromatic N) is 3. The van der Waals surface area contributed by atoms with Gasteiger partial charge >= 0.3 is 0 Å². The quantitative estimate of drug-likeness (QED) is 0.701. The van der Waals surface area contributed by atoms with Gasteiger partial charge in [0.2, 0.25) is 0 Å². The van der Waals surface area contributed by atoms with Crippen LogP contribution in [0.15, 0.2) is 12.1 Å². The fourth-order valence-electron chi connectivity index (χ4n) is 3.79. The highest BCUT2D eigenvalue weighted by Gasteiger charge is 2.43. The first-order chi connectivity index (χ1) is 10.1. The number of rotatable bonds is 0. The predicted octanol–water partition coefficient (Wildman–Crippen LogP) is 3.09. The first kappa shape index (κ1) is 13.3. The minimum Gasteiger partial charge on any atom is -0.381 e. The van der Waals surface area contributed by atoms with Gasteiger partial charge in [0.15, 0.2) is 0 Å². The van der Waals surface area contributed by atoms with Gasteiger partial charge in [-0.3, -0.25) is 0 Å². The summed E-state index contributed by atoms with van der Waals surface area (Å²) in [6.07, 6.45) is 2.15. The monoisotopic (exact) mass is 303 g/mol. The molecule has 21 heavy (non-hydrogen) atoms. The Hall–Kier alpha value is -1.39. The molecule has 1 fully saturated rings. The molecule has 3 heterocycles. The van der Waals surface area contributed by atoms with Crippen LogP contribution in [-0.2, 0) is 10.2 Å². The lowest BCUT2D eigenvalue weighted by Crippen LogP contribution is -2.37. The molecule has 2 aromatic rings. The zero-order chi connectivity index (χ0) is 14.6. The number of hydrogen-bond donors (Lipinski definition) is 0. The van der Waals surface area contributed by atoms with Crippen molar-refractivity contribution >= 4 is 28.2 Å². The summed E-state index contributed by atoms with van der Waals surface area (Å²) in [6, 6.07) is 4.37. The number of aromatic nitrogens is 2. The van der Waals surface area contributed by atoms with Gasteiger partial charge in [-0.05, 0) is 37.5 Å². The van der Waals surface area contributed by atoms with Crippen LogP contribution >= 0.6 is 11.6 Å². The Balaban J connectivity index is 1.96. The molecule has 4 nitrogen and oxygen atoms in total. The van der Waals surface area contributed by atoms with E-state index in [1.165, 1.54) is 11.3 Å². The van der Waals surface area contributed by atoms with Gasteiger partial charge in [-0.2, -0.15) is 0 Å². The maximum Gasteiger partial charge on any atom is 0.140 e. The van der Waals surface area contributed by atoms with Gasteiger partial charge in [0.05, 0.1) is 5.52 Å². The van der Waals surface area contributed by atoms with Crippen LogP contribution in [0.2, 0.25) is 5.15 Å². The van der Waals surface area contributed by atoms with Gasteiger partial charge in [-0.15, -0.1) is 0 Å². The summed E-state index contributed by atoms with van der Waals surface area (Å²) >= 11 is 6.30. The minimum atomic E-state index is 0.210. The largest absolute Gasteiger partial charge is 0.381 e. The van der Waals surface area contributed by atoms with Crippen LogP contribution in [0.5, 0.6) is 0 Å². The molecule has 0 radical (unpaired) electrons. The lowest BCUT2D eigenvalue weighted by Gasteiger charge is -2.34. The molecular formula is C16H18ClN3O. The van der Waals surface area contributed by atoms with Crippen molar-refractivity contribution in [2.75, 3.05) is 31.7 Å². The first-order valence-corrected chi connectivity index (χ1v) is 7.74. The molecule has 0 saturated carbocycles. The second-order valence-electron chi connectivity index (χ2n) is 6.20. The Morgan fingerprint density at radius 1 is 1.24 bits per heavy atom. The summed E-state index contributed by atoms with van der Waals surface area (Å²) in [5.74, 6) is 0.722. The Kier molecular flexibility index (Phi) is 2.88. The van der Waals surface area contributed by atoms with Gasteiger partial charge < -0.3 is 9.64 Å². The normalized spacial score (nSPS) is 20.2. The number of hydrogen-bond acceptors (Lipinski definition) is 4. The van der Waals surface area contributed by atoms with Crippen LogP contribution in [0.4, 0.5) is 5.69 Å². The molecule has 5 heteroatoms. The second kappa shape index (κ2) is 4.55. The van der Waals surface area contributed by atoms with E-state index in [-0.39, 0.29) is 5.41 Å². The molecule has 4 rings (SSSR count). The summed E-state index contributed by atoms with van der Waals surface area (Å²) in [5.41, 5.74) is 3.82. The van der Waals surface area contributed by atoms with E-state index < -0.39 is 0 Å². The molecule has 0 N–H and O–H groups in total. The molecular weight excluding hydrogens is 286 g/mol. The van der Waals surface area contributed by atoms with Crippen molar-refractivity contribution < 1.29 is 4.74 Å². The van der Waals surface area contributed by atoms with E-state index >= 15 is 0 Å². The van der Waals surface area contributed by atoms with Gasteiger partial charge in [0, 0.05) is 43.3 Å². The summed E-state index contributed by atoms with van der Waals surface area (Å²) in [5, 5.41) is 1.48. The number of benzene rings is 1. The molecule has 0 atom stereocenters. The average molecular weight is 304 g/mol. The smallest absolute Gasteiger partial charge is 0.140 e. The molecule has 0 unspecified atom stereocenters. The molecule has 2 aliphatic rings. The third-order valence-corrected chi connectivity index (χ3v) is 5.14. The van der Waals surface area contributed by atoms with E-state index in [2.05, 4.69) is 34.0 Å². The molecule has 1 aromatic carbocycles. The Bertz CT molecular complexity index is 725. The second-order valence-corrected chi connectivity index (χ2v) is 6.55.